The third-order valence-corrected chi connectivity index (χ3v) is 4.25. The fraction of sp³-hybridized carbons (Fsp3) is 0.500. The number of carbonyl (C=O) groups excluding carboxylic acids is 1. The van der Waals surface area contributed by atoms with Gasteiger partial charge in [-0.25, -0.2) is 4.72 Å². The molecular weight excluding hydrogens is 278 g/mol. The van der Waals surface area contributed by atoms with E-state index >= 15 is 0 Å². The molecule has 1 amide bonds. The van der Waals surface area contributed by atoms with Crippen LogP contribution in [0.5, 0.6) is 0 Å². The highest BCUT2D eigenvalue weighted by atomic mass is 32.2. The van der Waals surface area contributed by atoms with Gasteiger partial charge in [0, 0.05) is 0 Å². The summed E-state index contributed by atoms with van der Waals surface area (Å²) in [5.41, 5.74) is 0.792. The van der Waals surface area contributed by atoms with Crippen molar-refractivity contribution in [1.29, 1.82) is 0 Å². The van der Waals surface area contributed by atoms with Crippen LogP contribution in [0.15, 0.2) is 30.3 Å². The average Bonchev–Trinajstić information content (AvgIpc) is 2.39. The first kappa shape index (κ1) is 15.0. The lowest BCUT2D eigenvalue weighted by Crippen LogP contribution is -2.37. The molecule has 1 aliphatic rings. The minimum absolute atomic E-state index is 0.118. The Hall–Kier alpha value is -1.40. The number of amides is 1. The van der Waals surface area contributed by atoms with Crippen molar-refractivity contribution in [3.63, 3.8) is 0 Å². The van der Waals surface area contributed by atoms with Crippen LogP contribution in [0.1, 0.15) is 43.6 Å². The van der Waals surface area contributed by atoms with Crippen LogP contribution in [0.25, 0.3) is 0 Å². The van der Waals surface area contributed by atoms with Crippen LogP contribution in [0.4, 0.5) is 0 Å². The van der Waals surface area contributed by atoms with Gasteiger partial charge in [-0.3, -0.25) is 9.35 Å². The molecular formula is C14H19NO4S. The molecule has 0 aromatic heterocycles. The van der Waals surface area contributed by atoms with Crippen molar-refractivity contribution in [1.82, 2.24) is 4.72 Å². The van der Waals surface area contributed by atoms with Gasteiger partial charge in [0.15, 0.2) is 0 Å². The zero-order valence-electron chi connectivity index (χ0n) is 11.2. The Morgan fingerprint density at radius 3 is 2.30 bits per heavy atom. The van der Waals surface area contributed by atoms with Gasteiger partial charge in [-0.15, -0.1) is 0 Å². The van der Waals surface area contributed by atoms with Gasteiger partial charge >= 0.3 is 10.3 Å². The summed E-state index contributed by atoms with van der Waals surface area (Å²) in [6, 6.07) is 9.14. The second-order valence-electron chi connectivity index (χ2n) is 5.23. The number of rotatable bonds is 4. The third kappa shape index (κ3) is 4.05. The van der Waals surface area contributed by atoms with Crippen LogP contribution in [0, 0.1) is 5.92 Å². The van der Waals surface area contributed by atoms with Crippen LogP contribution in [-0.2, 0) is 15.1 Å². The second-order valence-corrected chi connectivity index (χ2v) is 6.38. The highest BCUT2D eigenvalue weighted by Crippen LogP contribution is 2.36. The maximum absolute atomic E-state index is 12.2. The molecule has 1 atom stereocenters. The molecule has 0 saturated heterocycles. The summed E-state index contributed by atoms with van der Waals surface area (Å²) in [7, 11) is -4.51. The van der Waals surface area contributed by atoms with Gasteiger partial charge in [-0.05, 0) is 24.3 Å². The van der Waals surface area contributed by atoms with Gasteiger partial charge in [0.05, 0.1) is 5.92 Å². The van der Waals surface area contributed by atoms with Gasteiger partial charge in [-0.1, -0.05) is 49.6 Å². The van der Waals surface area contributed by atoms with Gasteiger partial charge < -0.3 is 0 Å². The fourth-order valence-corrected chi connectivity index (χ4v) is 3.34. The predicted octanol–water partition coefficient (Wildman–Crippen LogP) is 2.27. The zero-order valence-corrected chi connectivity index (χ0v) is 12.0. The lowest BCUT2D eigenvalue weighted by atomic mass is 9.76. The predicted molar refractivity (Wildman–Crippen MR) is 75.4 cm³/mol. The van der Waals surface area contributed by atoms with E-state index in [-0.39, 0.29) is 5.92 Å². The maximum Gasteiger partial charge on any atom is 0.359 e. The average molecular weight is 297 g/mol. The minimum atomic E-state index is -4.51. The number of hydrogen-bond acceptors (Lipinski definition) is 3. The molecule has 1 aliphatic carbocycles. The summed E-state index contributed by atoms with van der Waals surface area (Å²) in [5, 5.41) is 0. The SMILES string of the molecule is O=C(NS(=O)(=O)O)C(c1ccccc1)C1CCCCC1. The van der Waals surface area contributed by atoms with Crippen LogP contribution >= 0.6 is 0 Å². The quantitative estimate of drug-likeness (QED) is 0.835. The van der Waals surface area contributed by atoms with Crippen molar-refractivity contribution in [2.75, 3.05) is 0 Å². The van der Waals surface area contributed by atoms with E-state index in [2.05, 4.69) is 0 Å². The fourth-order valence-electron chi connectivity index (χ4n) is 2.96. The molecule has 6 heteroatoms. The minimum Gasteiger partial charge on any atom is -0.273 e. The van der Waals surface area contributed by atoms with Crippen LogP contribution in [0.2, 0.25) is 0 Å². The molecule has 110 valence electrons. The molecule has 1 fully saturated rings. The standard InChI is InChI=1S/C14H19NO4S/c16-14(15-20(17,18)19)13(11-7-3-1-4-8-11)12-9-5-2-6-10-12/h1,3-4,7-8,12-13H,2,5-6,9-10H2,(H,15,16)(H,17,18,19). The lowest BCUT2D eigenvalue weighted by molar-refractivity contribution is -0.122. The maximum atomic E-state index is 12.2. The summed E-state index contributed by atoms with van der Waals surface area (Å²) in [4.78, 5) is 12.2. The molecule has 0 heterocycles. The van der Waals surface area contributed by atoms with Crippen LogP contribution in [-0.4, -0.2) is 18.9 Å². The van der Waals surface area contributed by atoms with Gasteiger partial charge in [-0.2, -0.15) is 8.42 Å². The summed E-state index contributed by atoms with van der Waals surface area (Å²) in [5.74, 6) is -1.06. The van der Waals surface area contributed by atoms with Gasteiger partial charge in [0.1, 0.15) is 0 Å². The van der Waals surface area contributed by atoms with E-state index in [0.29, 0.717) is 0 Å². The molecule has 1 aromatic rings. The molecule has 0 radical (unpaired) electrons. The van der Waals surface area contributed by atoms with Crippen molar-refractivity contribution in [2.45, 2.75) is 38.0 Å². The van der Waals surface area contributed by atoms with E-state index in [4.69, 9.17) is 4.55 Å². The Morgan fingerprint density at radius 2 is 1.75 bits per heavy atom. The van der Waals surface area contributed by atoms with Crippen LogP contribution < -0.4 is 4.72 Å². The molecule has 2 N–H and O–H groups in total. The summed E-state index contributed by atoms with van der Waals surface area (Å²) < 4.78 is 32.3. The molecule has 1 saturated carbocycles. The van der Waals surface area contributed by atoms with E-state index in [1.54, 1.807) is 4.72 Å². The monoisotopic (exact) mass is 297 g/mol. The third-order valence-electron chi connectivity index (χ3n) is 3.79. The number of hydrogen-bond donors (Lipinski definition) is 2. The lowest BCUT2D eigenvalue weighted by Gasteiger charge is -2.29. The van der Waals surface area contributed by atoms with Gasteiger partial charge in [0.25, 0.3) is 0 Å². The number of nitrogens with one attached hydrogen (secondary N) is 1. The van der Waals surface area contributed by atoms with E-state index < -0.39 is 22.1 Å². The molecule has 1 unspecified atom stereocenters. The normalized spacial score (nSPS) is 18.4. The van der Waals surface area contributed by atoms with Crippen LogP contribution in [0.3, 0.4) is 0 Å². The molecule has 0 bridgehead atoms. The molecule has 1 aromatic carbocycles. The first-order valence-corrected chi connectivity index (χ1v) is 8.25. The largest absolute Gasteiger partial charge is 0.359 e. The first-order valence-electron chi connectivity index (χ1n) is 6.81. The van der Waals surface area contributed by atoms with Crippen molar-refractivity contribution < 1.29 is 17.8 Å². The molecule has 0 aliphatic heterocycles. The van der Waals surface area contributed by atoms with E-state index in [1.165, 1.54) is 0 Å². The summed E-state index contributed by atoms with van der Waals surface area (Å²) in [6.45, 7) is 0. The number of benzene rings is 1. The molecule has 20 heavy (non-hydrogen) atoms. The first-order chi connectivity index (χ1) is 9.47. The topological polar surface area (TPSA) is 83.5 Å². The Labute approximate surface area is 119 Å². The summed E-state index contributed by atoms with van der Waals surface area (Å²) >= 11 is 0. The van der Waals surface area contributed by atoms with E-state index in [9.17, 15) is 13.2 Å². The van der Waals surface area contributed by atoms with Gasteiger partial charge in [0.2, 0.25) is 5.91 Å². The van der Waals surface area contributed by atoms with E-state index in [0.717, 1.165) is 37.7 Å². The summed E-state index contributed by atoms with van der Waals surface area (Å²) in [6.07, 6.45) is 5.05. The second kappa shape index (κ2) is 6.37. The Kier molecular flexibility index (Phi) is 4.77. The Balaban J connectivity index is 2.26. The zero-order chi connectivity index (χ0) is 14.6. The Morgan fingerprint density at radius 1 is 1.15 bits per heavy atom. The number of carbonyl (C=O) groups is 1. The highest BCUT2D eigenvalue weighted by molar-refractivity contribution is 7.84. The van der Waals surface area contributed by atoms with E-state index in [1.807, 2.05) is 30.3 Å². The molecule has 0 spiro atoms. The van der Waals surface area contributed by atoms with Crippen molar-refractivity contribution in [3.05, 3.63) is 35.9 Å². The Bertz CT molecular complexity index is 550. The molecule has 5 nitrogen and oxygen atoms in total. The smallest absolute Gasteiger partial charge is 0.273 e. The van der Waals surface area contributed by atoms with Crippen molar-refractivity contribution in [2.24, 2.45) is 5.92 Å². The molecule has 2 rings (SSSR count). The van der Waals surface area contributed by atoms with Crippen molar-refractivity contribution >= 4 is 16.2 Å². The highest BCUT2D eigenvalue weighted by Gasteiger charge is 2.32. The van der Waals surface area contributed by atoms with Crippen molar-refractivity contribution in [3.8, 4) is 0 Å².